The Morgan fingerprint density at radius 1 is 1.09 bits per heavy atom. The van der Waals surface area contributed by atoms with Crippen molar-refractivity contribution in [3.63, 3.8) is 0 Å². The van der Waals surface area contributed by atoms with Gasteiger partial charge in [-0.3, -0.25) is 4.40 Å². The number of imidazole rings is 1. The van der Waals surface area contributed by atoms with Gasteiger partial charge in [0.1, 0.15) is 5.82 Å². The Labute approximate surface area is 265 Å². The number of piperidine rings is 1. The van der Waals surface area contributed by atoms with Gasteiger partial charge in [-0.05, 0) is 82.4 Å². The fourth-order valence-corrected chi connectivity index (χ4v) is 8.60. The van der Waals surface area contributed by atoms with E-state index >= 15 is 0 Å². The molecule has 3 aliphatic rings. The Morgan fingerprint density at radius 2 is 1.86 bits per heavy atom. The van der Waals surface area contributed by atoms with Crippen molar-refractivity contribution >= 4 is 51.8 Å². The van der Waals surface area contributed by atoms with Crippen LogP contribution in [0.5, 0.6) is 0 Å². The summed E-state index contributed by atoms with van der Waals surface area (Å²) in [4.78, 5) is 18.7. The number of halogens is 1. The van der Waals surface area contributed by atoms with Crippen LogP contribution in [-0.4, -0.2) is 47.4 Å². The van der Waals surface area contributed by atoms with Crippen LogP contribution in [0, 0.1) is 12.3 Å². The summed E-state index contributed by atoms with van der Waals surface area (Å²) in [5.41, 5.74) is 4.50. The van der Waals surface area contributed by atoms with Crippen LogP contribution in [-0.2, 0) is 17.4 Å². The molecule has 4 aromatic rings. The molecule has 2 aliphatic carbocycles. The Hall–Kier alpha value is -2.66. The summed E-state index contributed by atoms with van der Waals surface area (Å²) in [6, 6.07) is 11.2. The molecule has 226 valence electrons. The third kappa shape index (κ3) is 5.45. The highest BCUT2D eigenvalue weighted by Crippen LogP contribution is 2.53. The molecule has 7 rings (SSSR count). The number of nitrogens with one attached hydrogen (secondary N) is 2. The van der Waals surface area contributed by atoms with Crippen molar-refractivity contribution in [1.82, 2.24) is 24.1 Å². The highest BCUT2D eigenvalue weighted by Gasteiger charge is 2.49. The summed E-state index contributed by atoms with van der Waals surface area (Å²) in [7, 11) is -1.15. The minimum Gasteiger partial charge on any atom is -0.366 e. The van der Waals surface area contributed by atoms with Crippen LogP contribution in [0.3, 0.4) is 0 Å². The maximum absolute atomic E-state index is 13.3. The Balaban J connectivity index is 1.15. The number of nitrogens with zero attached hydrogens (tertiary/aromatic N) is 5. The number of aryl methyl sites for hydroxylation is 1. The predicted molar refractivity (Wildman–Crippen MR) is 176 cm³/mol. The molecule has 3 aromatic heterocycles. The van der Waals surface area contributed by atoms with E-state index in [1.54, 1.807) is 11.8 Å². The van der Waals surface area contributed by atoms with Gasteiger partial charge in [0.25, 0.3) is 0 Å². The van der Waals surface area contributed by atoms with Crippen LogP contribution >= 0.6 is 23.4 Å². The molecule has 1 unspecified atom stereocenters. The molecule has 1 aromatic carbocycles. The standard InChI is InChI=1S/C32H38ClN7OS2/c1-20-26(42-24-11-14-34-28(25(24)33)37-22-9-10-22)29-35-15-18-40(29)30(36-20)39-16-12-32(13-17-39)19-21-7-5-6-8-23(21)27(32)38-43(41)31(2,3)4/h5-8,11,14-15,18,22,27,38H,9-10,12-13,16-17,19H2,1-4H3,(H,34,37)/t27-,43?/m1/s1. The van der Waals surface area contributed by atoms with Gasteiger partial charge in [0.05, 0.1) is 37.4 Å². The summed E-state index contributed by atoms with van der Waals surface area (Å²) < 4.78 is 18.7. The molecule has 2 fully saturated rings. The average molecular weight is 636 g/mol. The van der Waals surface area contributed by atoms with E-state index in [9.17, 15) is 4.21 Å². The number of hydrogen-bond donors (Lipinski definition) is 2. The Kier molecular flexibility index (Phi) is 7.47. The van der Waals surface area contributed by atoms with E-state index in [1.807, 2.05) is 45.4 Å². The maximum atomic E-state index is 13.3. The largest absolute Gasteiger partial charge is 0.366 e. The highest BCUT2D eigenvalue weighted by molar-refractivity contribution is 7.99. The second-order valence-electron chi connectivity index (χ2n) is 13.1. The molecule has 0 amide bonds. The average Bonchev–Trinajstić information content (AvgIpc) is 3.57. The van der Waals surface area contributed by atoms with Gasteiger partial charge in [-0.25, -0.2) is 23.9 Å². The molecule has 2 atom stereocenters. The second kappa shape index (κ2) is 11.1. The van der Waals surface area contributed by atoms with Crippen molar-refractivity contribution in [3.8, 4) is 0 Å². The van der Waals surface area contributed by atoms with E-state index in [-0.39, 0.29) is 16.2 Å². The van der Waals surface area contributed by atoms with Gasteiger partial charge in [-0.2, -0.15) is 0 Å². The zero-order valence-electron chi connectivity index (χ0n) is 25.1. The molecular weight excluding hydrogens is 598 g/mol. The smallest absolute Gasteiger partial charge is 0.211 e. The van der Waals surface area contributed by atoms with Crippen LogP contribution in [0.1, 0.15) is 69.3 Å². The monoisotopic (exact) mass is 635 g/mol. The maximum Gasteiger partial charge on any atom is 0.211 e. The summed E-state index contributed by atoms with van der Waals surface area (Å²) in [6.07, 6.45) is 10.9. The minimum atomic E-state index is -1.15. The fourth-order valence-electron chi connectivity index (χ4n) is 6.41. The number of pyridine rings is 1. The Morgan fingerprint density at radius 3 is 2.60 bits per heavy atom. The molecule has 8 nitrogen and oxygen atoms in total. The van der Waals surface area contributed by atoms with Gasteiger partial charge in [-0.15, -0.1) is 0 Å². The lowest BCUT2D eigenvalue weighted by Crippen LogP contribution is -2.48. The quantitative estimate of drug-likeness (QED) is 0.232. The highest BCUT2D eigenvalue weighted by atomic mass is 35.5. The van der Waals surface area contributed by atoms with Crippen molar-refractivity contribution in [2.45, 2.75) is 86.4 Å². The van der Waals surface area contributed by atoms with Gasteiger partial charge in [0, 0.05) is 42.6 Å². The Bertz CT molecular complexity index is 1710. The van der Waals surface area contributed by atoms with E-state index in [4.69, 9.17) is 21.6 Å². The van der Waals surface area contributed by atoms with Crippen molar-refractivity contribution in [3.05, 3.63) is 70.8 Å². The van der Waals surface area contributed by atoms with Gasteiger partial charge in [-0.1, -0.05) is 47.6 Å². The van der Waals surface area contributed by atoms with E-state index in [0.29, 0.717) is 11.1 Å². The lowest BCUT2D eigenvalue weighted by molar-refractivity contribution is 0.177. The van der Waals surface area contributed by atoms with E-state index in [1.165, 1.54) is 11.1 Å². The molecule has 1 spiro atoms. The van der Waals surface area contributed by atoms with Crippen molar-refractivity contribution in [2.75, 3.05) is 23.3 Å². The zero-order valence-corrected chi connectivity index (χ0v) is 27.5. The third-order valence-electron chi connectivity index (χ3n) is 8.98. The molecule has 2 N–H and O–H groups in total. The molecule has 1 saturated heterocycles. The number of hydrogen-bond acceptors (Lipinski definition) is 7. The molecule has 1 aliphatic heterocycles. The lowest BCUT2D eigenvalue weighted by Gasteiger charge is -2.44. The van der Waals surface area contributed by atoms with Gasteiger partial charge in [0.2, 0.25) is 5.95 Å². The molecule has 0 bridgehead atoms. The van der Waals surface area contributed by atoms with Crippen molar-refractivity contribution < 1.29 is 4.21 Å². The summed E-state index contributed by atoms with van der Waals surface area (Å²) in [5.74, 6) is 1.66. The fraction of sp³-hybridized carbons (Fsp3) is 0.469. The third-order valence-corrected chi connectivity index (χ3v) is 12.3. The van der Waals surface area contributed by atoms with Gasteiger partial charge < -0.3 is 10.2 Å². The molecule has 11 heteroatoms. The van der Waals surface area contributed by atoms with Crippen molar-refractivity contribution in [2.24, 2.45) is 5.41 Å². The number of aromatic nitrogens is 4. The van der Waals surface area contributed by atoms with Crippen molar-refractivity contribution in [1.29, 1.82) is 0 Å². The number of rotatable bonds is 7. The first-order valence-corrected chi connectivity index (χ1v) is 17.4. The molecule has 1 saturated carbocycles. The first kappa shape index (κ1) is 29.1. The van der Waals surface area contributed by atoms with E-state index in [0.717, 1.165) is 78.1 Å². The molecule has 4 heterocycles. The van der Waals surface area contributed by atoms with Crippen LogP contribution in [0.2, 0.25) is 5.02 Å². The van der Waals surface area contributed by atoms with Crippen LogP contribution in [0.4, 0.5) is 11.8 Å². The van der Waals surface area contributed by atoms with E-state index < -0.39 is 11.0 Å². The predicted octanol–water partition coefficient (Wildman–Crippen LogP) is 6.75. The zero-order chi connectivity index (χ0) is 29.9. The summed E-state index contributed by atoms with van der Waals surface area (Å²) in [6.45, 7) is 9.89. The lowest BCUT2D eigenvalue weighted by atomic mass is 9.73. The SMILES string of the molecule is Cc1nc(N2CCC3(CC2)Cc2ccccc2[C@H]3NS(=O)C(C)(C)C)n2ccnc2c1Sc1ccnc(NC2CC2)c1Cl. The first-order chi connectivity index (χ1) is 20.6. The minimum absolute atomic E-state index is 0.0181. The van der Waals surface area contributed by atoms with Crippen LogP contribution in [0.25, 0.3) is 5.65 Å². The van der Waals surface area contributed by atoms with E-state index in [2.05, 4.69) is 55.5 Å². The van der Waals surface area contributed by atoms with Gasteiger partial charge >= 0.3 is 0 Å². The summed E-state index contributed by atoms with van der Waals surface area (Å²) >= 11 is 8.39. The summed E-state index contributed by atoms with van der Waals surface area (Å²) in [5, 5.41) is 4.08. The number of benzene rings is 1. The molecular formula is C32H38ClN7OS2. The molecule has 0 radical (unpaired) electrons. The topological polar surface area (TPSA) is 87.5 Å². The second-order valence-corrected chi connectivity index (χ2v) is 16.5. The van der Waals surface area contributed by atoms with Crippen LogP contribution in [0.15, 0.2) is 58.7 Å². The molecule has 43 heavy (non-hydrogen) atoms. The van der Waals surface area contributed by atoms with Crippen LogP contribution < -0.4 is 14.9 Å². The normalized spacial score (nSPS) is 20.5. The van der Waals surface area contributed by atoms with Gasteiger partial charge in [0.15, 0.2) is 5.65 Å². The first-order valence-electron chi connectivity index (χ1n) is 15.1. The number of anilines is 2. The number of fused-ring (bicyclic) bond motifs is 2.